The Bertz CT molecular complexity index is 2260. The van der Waals surface area contributed by atoms with Crippen molar-refractivity contribution in [1.82, 2.24) is 19.9 Å². The quantitative estimate of drug-likeness (QED) is 0.209. The molecular formula is C40H26N4. The van der Waals surface area contributed by atoms with Crippen molar-refractivity contribution in [3.63, 3.8) is 0 Å². The van der Waals surface area contributed by atoms with Gasteiger partial charge in [-0.15, -0.1) is 0 Å². The molecule has 4 nitrogen and oxygen atoms in total. The average molecular weight is 563 g/mol. The molecule has 4 heteroatoms. The number of rotatable bonds is 5. The average Bonchev–Trinajstić information content (AvgIpc) is 3.11. The van der Waals surface area contributed by atoms with Gasteiger partial charge in [-0.25, -0.2) is 15.0 Å². The van der Waals surface area contributed by atoms with Gasteiger partial charge in [0.25, 0.3) is 0 Å². The van der Waals surface area contributed by atoms with Crippen LogP contribution in [0, 0.1) is 0 Å². The molecule has 0 atom stereocenters. The van der Waals surface area contributed by atoms with Crippen molar-refractivity contribution in [3.05, 3.63) is 158 Å². The van der Waals surface area contributed by atoms with Gasteiger partial charge < -0.3 is 0 Å². The van der Waals surface area contributed by atoms with Gasteiger partial charge in [-0.05, 0) is 45.0 Å². The molecule has 8 aromatic rings. The van der Waals surface area contributed by atoms with E-state index in [2.05, 4.69) is 108 Å². The Morgan fingerprint density at radius 3 is 1.61 bits per heavy atom. The van der Waals surface area contributed by atoms with Crippen LogP contribution in [0.1, 0.15) is 0 Å². The smallest absolute Gasteiger partial charge is 0.164 e. The van der Waals surface area contributed by atoms with Crippen molar-refractivity contribution in [1.29, 1.82) is 0 Å². The van der Waals surface area contributed by atoms with Crippen LogP contribution in [0.15, 0.2) is 158 Å². The fourth-order valence-corrected chi connectivity index (χ4v) is 5.99. The number of hydrogen-bond donors (Lipinski definition) is 0. The summed E-state index contributed by atoms with van der Waals surface area (Å²) >= 11 is 0. The highest BCUT2D eigenvalue weighted by Crippen LogP contribution is 2.38. The molecular weight excluding hydrogens is 536 g/mol. The number of fused-ring (bicyclic) bond motifs is 2. The van der Waals surface area contributed by atoms with Crippen molar-refractivity contribution in [2.75, 3.05) is 0 Å². The summed E-state index contributed by atoms with van der Waals surface area (Å²) < 4.78 is 0. The summed E-state index contributed by atoms with van der Waals surface area (Å²) in [5.74, 6) is 1.92. The molecule has 44 heavy (non-hydrogen) atoms. The van der Waals surface area contributed by atoms with Crippen LogP contribution < -0.4 is 0 Å². The standard InChI is InChI=1S/C40H26N4/c1-3-12-27(13-4-1)32-21-9-16-28-17-10-22-36(37(28)32)40-43-38(29-14-5-2-6-15-29)42-39(44-40)35-24-23-31(30-18-11-25-41-26-30)33-19-7-8-20-34(33)35/h1-26H. The topological polar surface area (TPSA) is 51.6 Å². The third-order valence-electron chi connectivity index (χ3n) is 8.04. The van der Waals surface area contributed by atoms with E-state index in [0.717, 1.165) is 60.5 Å². The van der Waals surface area contributed by atoms with Crippen molar-refractivity contribution in [2.24, 2.45) is 0 Å². The van der Waals surface area contributed by atoms with Crippen LogP contribution in [0.2, 0.25) is 0 Å². The van der Waals surface area contributed by atoms with Gasteiger partial charge in [0, 0.05) is 40.0 Å². The minimum Gasteiger partial charge on any atom is -0.264 e. The lowest BCUT2D eigenvalue weighted by Gasteiger charge is -2.15. The van der Waals surface area contributed by atoms with E-state index in [1.165, 1.54) is 0 Å². The molecule has 2 aromatic heterocycles. The third-order valence-corrected chi connectivity index (χ3v) is 8.04. The zero-order chi connectivity index (χ0) is 29.3. The zero-order valence-corrected chi connectivity index (χ0v) is 23.8. The van der Waals surface area contributed by atoms with Crippen LogP contribution in [-0.2, 0) is 0 Å². The third kappa shape index (κ3) is 4.59. The van der Waals surface area contributed by atoms with E-state index in [1.807, 2.05) is 48.7 Å². The largest absolute Gasteiger partial charge is 0.264 e. The fraction of sp³-hybridized carbons (Fsp3) is 0. The minimum atomic E-state index is 0.636. The molecule has 0 saturated carbocycles. The Hall–Kier alpha value is -6.00. The Balaban J connectivity index is 1.40. The fourth-order valence-electron chi connectivity index (χ4n) is 5.99. The highest BCUT2D eigenvalue weighted by atomic mass is 15.0. The molecule has 0 radical (unpaired) electrons. The van der Waals surface area contributed by atoms with Crippen LogP contribution in [-0.4, -0.2) is 19.9 Å². The maximum Gasteiger partial charge on any atom is 0.164 e. The molecule has 206 valence electrons. The van der Waals surface area contributed by atoms with E-state index >= 15 is 0 Å². The molecule has 0 fully saturated rings. The Morgan fingerprint density at radius 1 is 0.341 bits per heavy atom. The highest BCUT2D eigenvalue weighted by Gasteiger charge is 2.18. The Morgan fingerprint density at radius 2 is 0.909 bits per heavy atom. The summed E-state index contributed by atoms with van der Waals surface area (Å²) in [5, 5.41) is 4.46. The number of pyridine rings is 1. The summed E-state index contributed by atoms with van der Waals surface area (Å²) in [6, 6.07) is 50.2. The Kier molecular flexibility index (Phi) is 6.43. The second kappa shape index (κ2) is 11.0. The SMILES string of the molecule is c1ccc(-c2nc(-c3ccc(-c4cccnc4)c4ccccc34)nc(-c3cccc4cccc(-c5ccccc5)c34)n2)cc1. The molecule has 0 N–H and O–H groups in total. The van der Waals surface area contributed by atoms with Crippen LogP contribution in [0.3, 0.4) is 0 Å². The first kappa shape index (κ1) is 25.7. The van der Waals surface area contributed by atoms with E-state index in [0.29, 0.717) is 17.5 Å². The molecule has 0 aliphatic rings. The van der Waals surface area contributed by atoms with Crippen molar-refractivity contribution >= 4 is 21.5 Å². The minimum absolute atomic E-state index is 0.636. The zero-order valence-electron chi connectivity index (χ0n) is 23.8. The molecule has 0 saturated heterocycles. The van der Waals surface area contributed by atoms with Crippen LogP contribution in [0.4, 0.5) is 0 Å². The van der Waals surface area contributed by atoms with Gasteiger partial charge in [0.1, 0.15) is 0 Å². The highest BCUT2D eigenvalue weighted by molar-refractivity contribution is 6.06. The molecule has 0 unspecified atom stereocenters. The number of nitrogens with zero attached hydrogens (tertiary/aromatic N) is 4. The van der Waals surface area contributed by atoms with Gasteiger partial charge >= 0.3 is 0 Å². The number of benzene rings is 6. The lowest BCUT2D eigenvalue weighted by Crippen LogP contribution is -2.01. The van der Waals surface area contributed by atoms with E-state index in [4.69, 9.17) is 15.0 Å². The molecule has 0 spiro atoms. The van der Waals surface area contributed by atoms with E-state index in [-0.39, 0.29) is 0 Å². The molecule has 8 rings (SSSR count). The second-order valence-corrected chi connectivity index (χ2v) is 10.7. The van der Waals surface area contributed by atoms with Gasteiger partial charge in [-0.3, -0.25) is 4.98 Å². The normalized spacial score (nSPS) is 11.2. The van der Waals surface area contributed by atoms with Gasteiger partial charge in [0.05, 0.1) is 0 Å². The lowest BCUT2D eigenvalue weighted by atomic mass is 9.94. The number of hydrogen-bond acceptors (Lipinski definition) is 4. The maximum atomic E-state index is 5.20. The summed E-state index contributed by atoms with van der Waals surface area (Å²) in [6.45, 7) is 0. The Labute approximate surface area is 255 Å². The molecule has 2 heterocycles. The summed E-state index contributed by atoms with van der Waals surface area (Å²) in [6.07, 6.45) is 3.70. The monoisotopic (exact) mass is 562 g/mol. The molecule has 0 amide bonds. The summed E-state index contributed by atoms with van der Waals surface area (Å²) in [4.78, 5) is 19.7. The first-order valence-electron chi connectivity index (χ1n) is 14.6. The lowest BCUT2D eigenvalue weighted by molar-refractivity contribution is 1.08. The van der Waals surface area contributed by atoms with Gasteiger partial charge in [0.15, 0.2) is 17.5 Å². The van der Waals surface area contributed by atoms with Gasteiger partial charge in [-0.1, -0.05) is 133 Å². The van der Waals surface area contributed by atoms with Crippen LogP contribution in [0.5, 0.6) is 0 Å². The predicted molar refractivity (Wildman–Crippen MR) is 180 cm³/mol. The molecule has 0 bridgehead atoms. The van der Waals surface area contributed by atoms with E-state index < -0.39 is 0 Å². The molecule has 0 aliphatic heterocycles. The van der Waals surface area contributed by atoms with Crippen molar-refractivity contribution in [2.45, 2.75) is 0 Å². The van der Waals surface area contributed by atoms with Gasteiger partial charge in [-0.2, -0.15) is 0 Å². The van der Waals surface area contributed by atoms with Crippen molar-refractivity contribution < 1.29 is 0 Å². The molecule has 6 aromatic carbocycles. The predicted octanol–water partition coefficient (Wildman–Crippen LogP) is 9.91. The van der Waals surface area contributed by atoms with E-state index in [9.17, 15) is 0 Å². The number of aromatic nitrogens is 4. The first-order chi connectivity index (χ1) is 21.8. The van der Waals surface area contributed by atoms with E-state index in [1.54, 1.807) is 6.20 Å². The van der Waals surface area contributed by atoms with Crippen LogP contribution in [0.25, 0.3) is 78.0 Å². The maximum absolute atomic E-state index is 5.20. The second-order valence-electron chi connectivity index (χ2n) is 10.7. The summed E-state index contributed by atoms with van der Waals surface area (Å²) in [5.41, 5.74) is 7.36. The van der Waals surface area contributed by atoms with Crippen LogP contribution >= 0.6 is 0 Å². The first-order valence-corrected chi connectivity index (χ1v) is 14.6. The van der Waals surface area contributed by atoms with Crippen molar-refractivity contribution in [3.8, 4) is 56.4 Å². The summed E-state index contributed by atoms with van der Waals surface area (Å²) in [7, 11) is 0. The molecule has 0 aliphatic carbocycles. The van der Waals surface area contributed by atoms with Gasteiger partial charge in [0.2, 0.25) is 0 Å².